The summed E-state index contributed by atoms with van der Waals surface area (Å²) in [5.41, 5.74) is -0.277. The van der Waals surface area contributed by atoms with E-state index in [1.165, 1.54) is 0 Å². The molecule has 2 N–H and O–H groups in total. The standard InChI is InChI=1S/C11H11BrF2N2O2/c1-5(2)15-10(17)11(18)16-9-7(12)3-6(13)4-8(9)14/h3-5H,1-2H3,(H,15,17)(H,16,18). The van der Waals surface area contributed by atoms with Gasteiger partial charge in [0.1, 0.15) is 5.82 Å². The van der Waals surface area contributed by atoms with E-state index in [0.29, 0.717) is 6.07 Å². The lowest BCUT2D eigenvalue weighted by molar-refractivity contribution is -0.136. The number of halogens is 3. The molecule has 0 aliphatic heterocycles. The van der Waals surface area contributed by atoms with Crippen molar-refractivity contribution in [3.63, 3.8) is 0 Å². The first-order valence-electron chi connectivity index (χ1n) is 5.07. The van der Waals surface area contributed by atoms with Crippen molar-refractivity contribution in [3.8, 4) is 0 Å². The average molecular weight is 321 g/mol. The van der Waals surface area contributed by atoms with Gasteiger partial charge in [0.25, 0.3) is 0 Å². The highest BCUT2D eigenvalue weighted by Gasteiger charge is 2.18. The Hall–Kier alpha value is -1.50. The quantitative estimate of drug-likeness (QED) is 0.821. The lowest BCUT2D eigenvalue weighted by Crippen LogP contribution is -2.39. The zero-order valence-corrected chi connectivity index (χ0v) is 11.3. The number of amides is 2. The Morgan fingerprint density at radius 2 is 1.83 bits per heavy atom. The van der Waals surface area contributed by atoms with Crippen molar-refractivity contribution >= 4 is 33.4 Å². The van der Waals surface area contributed by atoms with E-state index in [1.54, 1.807) is 13.8 Å². The van der Waals surface area contributed by atoms with Crippen molar-refractivity contribution in [2.45, 2.75) is 19.9 Å². The molecule has 1 aromatic carbocycles. The lowest BCUT2D eigenvalue weighted by Gasteiger charge is -2.10. The number of anilines is 1. The predicted octanol–water partition coefficient (Wildman–Crippen LogP) is 2.19. The van der Waals surface area contributed by atoms with Gasteiger partial charge < -0.3 is 10.6 Å². The molecule has 18 heavy (non-hydrogen) atoms. The highest BCUT2D eigenvalue weighted by molar-refractivity contribution is 9.10. The second kappa shape index (κ2) is 5.90. The van der Waals surface area contributed by atoms with Crippen molar-refractivity contribution < 1.29 is 18.4 Å². The molecule has 98 valence electrons. The average Bonchev–Trinajstić information content (AvgIpc) is 2.21. The van der Waals surface area contributed by atoms with Gasteiger partial charge in [-0.25, -0.2) is 8.78 Å². The van der Waals surface area contributed by atoms with Crippen LogP contribution in [0.1, 0.15) is 13.8 Å². The van der Waals surface area contributed by atoms with Crippen LogP contribution in [0.15, 0.2) is 16.6 Å². The maximum Gasteiger partial charge on any atom is 0.313 e. The van der Waals surface area contributed by atoms with Gasteiger partial charge in [-0.2, -0.15) is 0 Å². The first kappa shape index (κ1) is 14.6. The highest BCUT2D eigenvalue weighted by Crippen LogP contribution is 2.26. The van der Waals surface area contributed by atoms with Crippen LogP contribution >= 0.6 is 15.9 Å². The van der Waals surface area contributed by atoms with Gasteiger partial charge in [0.15, 0.2) is 5.82 Å². The smallest absolute Gasteiger partial charge is 0.313 e. The van der Waals surface area contributed by atoms with Crippen LogP contribution in [0.3, 0.4) is 0 Å². The summed E-state index contributed by atoms with van der Waals surface area (Å²) in [6.07, 6.45) is 0. The summed E-state index contributed by atoms with van der Waals surface area (Å²) >= 11 is 2.90. The topological polar surface area (TPSA) is 58.2 Å². The molecule has 0 saturated carbocycles. The van der Waals surface area contributed by atoms with Crippen LogP contribution in [0, 0.1) is 11.6 Å². The van der Waals surface area contributed by atoms with Gasteiger partial charge in [-0.05, 0) is 35.8 Å². The summed E-state index contributed by atoms with van der Waals surface area (Å²) in [4.78, 5) is 22.7. The maximum absolute atomic E-state index is 13.4. The molecule has 1 aromatic rings. The van der Waals surface area contributed by atoms with E-state index >= 15 is 0 Å². The van der Waals surface area contributed by atoms with Crippen molar-refractivity contribution in [2.75, 3.05) is 5.32 Å². The molecule has 0 aromatic heterocycles. The van der Waals surface area contributed by atoms with Gasteiger partial charge in [-0.15, -0.1) is 0 Å². The third-order valence-corrected chi connectivity index (χ3v) is 2.50. The Morgan fingerprint density at radius 1 is 1.22 bits per heavy atom. The molecule has 0 spiro atoms. The number of carbonyl (C=O) groups excluding carboxylic acids is 2. The van der Waals surface area contributed by atoms with Crippen LogP contribution in [0.2, 0.25) is 0 Å². The van der Waals surface area contributed by atoms with E-state index in [-0.39, 0.29) is 16.2 Å². The number of hydrogen-bond acceptors (Lipinski definition) is 2. The molecule has 1 rings (SSSR count). The van der Waals surface area contributed by atoms with Crippen molar-refractivity contribution in [3.05, 3.63) is 28.2 Å². The number of nitrogens with one attached hydrogen (secondary N) is 2. The van der Waals surface area contributed by atoms with E-state index in [2.05, 4.69) is 26.6 Å². The van der Waals surface area contributed by atoms with Crippen LogP contribution in [0.5, 0.6) is 0 Å². The largest absolute Gasteiger partial charge is 0.346 e. The van der Waals surface area contributed by atoms with E-state index in [4.69, 9.17) is 0 Å². The van der Waals surface area contributed by atoms with Gasteiger partial charge in [0.05, 0.1) is 5.69 Å². The van der Waals surface area contributed by atoms with Crippen LogP contribution in [-0.2, 0) is 9.59 Å². The molecular weight excluding hydrogens is 310 g/mol. The molecule has 7 heteroatoms. The second-order valence-electron chi connectivity index (χ2n) is 3.83. The minimum Gasteiger partial charge on any atom is -0.346 e. The Morgan fingerprint density at radius 3 is 2.33 bits per heavy atom. The normalized spacial score (nSPS) is 10.3. The fraction of sp³-hybridized carbons (Fsp3) is 0.273. The van der Waals surface area contributed by atoms with Crippen LogP contribution in [-0.4, -0.2) is 17.9 Å². The summed E-state index contributed by atoms with van der Waals surface area (Å²) < 4.78 is 26.2. The van der Waals surface area contributed by atoms with Gasteiger partial charge in [0.2, 0.25) is 0 Å². The predicted molar refractivity (Wildman–Crippen MR) is 66.0 cm³/mol. The van der Waals surface area contributed by atoms with Gasteiger partial charge in [0, 0.05) is 16.6 Å². The summed E-state index contributed by atoms with van der Waals surface area (Å²) in [5.74, 6) is -3.66. The fourth-order valence-electron chi connectivity index (χ4n) is 1.16. The monoisotopic (exact) mass is 320 g/mol. The van der Waals surface area contributed by atoms with E-state index in [0.717, 1.165) is 6.07 Å². The molecule has 0 aliphatic carbocycles. The summed E-state index contributed by atoms with van der Waals surface area (Å²) in [6.45, 7) is 3.36. The van der Waals surface area contributed by atoms with Crippen LogP contribution in [0.4, 0.5) is 14.5 Å². The Balaban J connectivity index is 2.86. The Kier molecular flexibility index (Phi) is 4.77. The lowest BCUT2D eigenvalue weighted by atomic mass is 10.3. The molecule has 0 saturated heterocycles. The van der Waals surface area contributed by atoms with Crippen LogP contribution in [0.25, 0.3) is 0 Å². The van der Waals surface area contributed by atoms with E-state index < -0.39 is 23.4 Å². The van der Waals surface area contributed by atoms with E-state index in [9.17, 15) is 18.4 Å². The zero-order valence-electron chi connectivity index (χ0n) is 9.68. The molecule has 0 unspecified atom stereocenters. The minimum absolute atomic E-state index is 0.0192. The third-order valence-electron chi connectivity index (χ3n) is 1.87. The first-order chi connectivity index (χ1) is 8.31. The molecule has 4 nitrogen and oxygen atoms in total. The molecular formula is C11H11BrF2N2O2. The number of carbonyl (C=O) groups is 2. The number of hydrogen-bond donors (Lipinski definition) is 2. The van der Waals surface area contributed by atoms with Crippen LogP contribution < -0.4 is 10.6 Å². The summed E-state index contributed by atoms with van der Waals surface area (Å²) in [6, 6.07) is 1.38. The van der Waals surface area contributed by atoms with Gasteiger partial charge >= 0.3 is 11.8 Å². The maximum atomic E-state index is 13.4. The molecule has 0 bridgehead atoms. The summed E-state index contributed by atoms with van der Waals surface area (Å²) in [5, 5.41) is 4.42. The fourth-order valence-corrected chi connectivity index (χ4v) is 1.67. The van der Waals surface area contributed by atoms with Crippen molar-refractivity contribution in [2.24, 2.45) is 0 Å². The minimum atomic E-state index is -1.02. The molecule has 0 radical (unpaired) electrons. The molecule has 0 fully saturated rings. The SMILES string of the molecule is CC(C)NC(=O)C(=O)Nc1c(F)cc(F)cc1Br. The highest BCUT2D eigenvalue weighted by atomic mass is 79.9. The number of rotatable bonds is 2. The zero-order chi connectivity index (χ0) is 13.9. The Labute approximate surface area is 111 Å². The molecule has 0 aliphatic rings. The molecule has 0 heterocycles. The Bertz CT molecular complexity index is 469. The molecule has 2 amide bonds. The van der Waals surface area contributed by atoms with Gasteiger partial charge in [-0.3, -0.25) is 9.59 Å². The second-order valence-corrected chi connectivity index (χ2v) is 4.68. The van der Waals surface area contributed by atoms with Gasteiger partial charge in [-0.1, -0.05) is 0 Å². The number of benzene rings is 1. The summed E-state index contributed by atoms with van der Waals surface area (Å²) in [7, 11) is 0. The third kappa shape index (κ3) is 3.76. The molecule has 0 atom stereocenters. The van der Waals surface area contributed by atoms with Crippen molar-refractivity contribution in [1.82, 2.24) is 5.32 Å². The van der Waals surface area contributed by atoms with E-state index in [1.807, 2.05) is 0 Å². The van der Waals surface area contributed by atoms with Crippen molar-refractivity contribution in [1.29, 1.82) is 0 Å². The first-order valence-corrected chi connectivity index (χ1v) is 5.87.